The van der Waals surface area contributed by atoms with Gasteiger partial charge in [-0.1, -0.05) is 6.07 Å². The highest BCUT2D eigenvalue weighted by Crippen LogP contribution is 2.29. The predicted octanol–water partition coefficient (Wildman–Crippen LogP) is 3.52. The van der Waals surface area contributed by atoms with Gasteiger partial charge in [0.05, 0.1) is 9.88 Å². The first kappa shape index (κ1) is 19.5. The molecule has 1 atom stereocenters. The molecule has 0 spiro atoms. The van der Waals surface area contributed by atoms with Gasteiger partial charge in [0.15, 0.2) is 0 Å². The van der Waals surface area contributed by atoms with Crippen LogP contribution in [0.15, 0.2) is 30.3 Å². The van der Waals surface area contributed by atoms with E-state index in [1.54, 1.807) is 12.1 Å². The lowest BCUT2D eigenvalue weighted by molar-refractivity contribution is 0.0678. The van der Waals surface area contributed by atoms with Crippen LogP contribution in [0.1, 0.15) is 38.4 Å². The minimum Gasteiger partial charge on any atom is -0.338 e. The lowest BCUT2D eigenvalue weighted by Gasteiger charge is -2.32. The van der Waals surface area contributed by atoms with Crippen molar-refractivity contribution in [3.05, 3.63) is 52.2 Å². The average Bonchev–Trinajstić information content (AvgIpc) is 3.01. The van der Waals surface area contributed by atoms with E-state index in [-0.39, 0.29) is 17.4 Å². The van der Waals surface area contributed by atoms with Gasteiger partial charge in [-0.15, -0.1) is 11.3 Å². The smallest absolute Gasteiger partial charge is 0.264 e. The van der Waals surface area contributed by atoms with E-state index in [1.807, 2.05) is 18.9 Å². The zero-order valence-electron chi connectivity index (χ0n) is 15.5. The molecule has 1 aliphatic rings. The number of carbonyl (C=O) groups excluding carboxylic acids is 2. The first-order valence-corrected chi connectivity index (χ1v) is 9.91. The Kier molecular flexibility index (Phi) is 6.23. The molecular formula is C20H24FN3O2S. The predicted molar refractivity (Wildman–Crippen MR) is 106 cm³/mol. The minimum absolute atomic E-state index is 0.0181. The van der Waals surface area contributed by atoms with Crippen molar-refractivity contribution in [3.63, 3.8) is 0 Å². The fourth-order valence-corrected chi connectivity index (χ4v) is 4.45. The Morgan fingerprint density at radius 2 is 2.15 bits per heavy atom. The molecule has 3 rings (SSSR count). The van der Waals surface area contributed by atoms with Crippen molar-refractivity contribution in [1.29, 1.82) is 0 Å². The van der Waals surface area contributed by atoms with E-state index < -0.39 is 5.82 Å². The lowest BCUT2D eigenvalue weighted by Crippen LogP contribution is -2.42. The van der Waals surface area contributed by atoms with Gasteiger partial charge in [0.25, 0.3) is 11.8 Å². The lowest BCUT2D eigenvalue weighted by atomic mass is 9.98. The topological polar surface area (TPSA) is 61.4 Å². The number of thiophene rings is 1. The van der Waals surface area contributed by atoms with Gasteiger partial charge in [-0.3, -0.25) is 9.59 Å². The number of aryl methyl sites for hydroxylation is 1. The second-order valence-corrected chi connectivity index (χ2v) is 7.96. The quantitative estimate of drug-likeness (QED) is 0.823. The fraction of sp³-hybridized carbons (Fsp3) is 0.400. The number of nitrogens with one attached hydrogen (secondary N) is 2. The van der Waals surface area contributed by atoms with Crippen molar-refractivity contribution >= 4 is 28.2 Å². The Bertz CT molecular complexity index is 834. The van der Waals surface area contributed by atoms with Gasteiger partial charge >= 0.3 is 0 Å². The van der Waals surface area contributed by atoms with Crippen LogP contribution in [0.3, 0.4) is 0 Å². The Hall–Kier alpha value is -2.25. The number of carbonyl (C=O) groups is 2. The van der Waals surface area contributed by atoms with E-state index in [9.17, 15) is 14.0 Å². The number of likely N-dealkylation sites (tertiary alicyclic amines) is 1. The Morgan fingerprint density at radius 3 is 2.89 bits per heavy atom. The van der Waals surface area contributed by atoms with E-state index in [0.717, 1.165) is 38.0 Å². The number of anilines is 1. The third-order valence-corrected chi connectivity index (χ3v) is 5.88. The number of piperidine rings is 1. The molecule has 1 unspecified atom stereocenters. The van der Waals surface area contributed by atoms with Crippen LogP contribution in [-0.2, 0) is 0 Å². The first-order chi connectivity index (χ1) is 13.0. The normalized spacial score (nSPS) is 17.0. The van der Waals surface area contributed by atoms with Crippen molar-refractivity contribution in [2.45, 2.75) is 19.8 Å². The highest BCUT2D eigenvalue weighted by Gasteiger charge is 2.26. The first-order valence-electron chi connectivity index (χ1n) is 9.09. The van der Waals surface area contributed by atoms with Gasteiger partial charge in [-0.05, 0) is 69.1 Å². The number of benzene rings is 1. The Balaban J connectivity index is 1.70. The summed E-state index contributed by atoms with van der Waals surface area (Å²) in [5.74, 6) is -0.353. The molecule has 1 aromatic carbocycles. The molecule has 0 radical (unpaired) electrons. The van der Waals surface area contributed by atoms with Crippen LogP contribution in [0, 0.1) is 18.7 Å². The SMILES string of the molecule is CNCC1CCCN(C(=O)c2sc(NC(=O)c3cccc(F)c3)cc2C)C1. The summed E-state index contributed by atoms with van der Waals surface area (Å²) in [7, 11) is 1.93. The third-order valence-electron chi connectivity index (χ3n) is 4.73. The molecule has 0 aliphatic carbocycles. The fourth-order valence-electron chi connectivity index (χ4n) is 3.42. The van der Waals surface area contributed by atoms with E-state index in [0.29, 0.717) is 15.8 Å². The molecule has 1 aliphatic heterocycles. The van der Waals surface area contributed by atoms with Gasteiger partial charge in [-0.2, -0.15) is 0 Å². The maximum atomic E-state index is 13.3. The number of halogens is 1. The van der Waals surface area contributed by atoms with E-state index in [4.69, 9.17) is 0 Å². The second-order valence-electron chi connectivity index (χ2n) is 6.90. The number of hydrogen-bond acceptors (Lipinski definition) is 4. The van der Waals surface area contributed by atoms with Gasteiger partial charge in [-0.25, -0.2) is 4.39 Å². The summed E-state index contributed by atoms with van der Waals surface area (Å²) in [6.07, 6.45) is 2.13. The van der Waals surface area contributed by atoms with Crippen molar-refractivity contribution in [1.82, 2.24) is 10.2 Å². The summed E-state index contributed by atoms with van der Waals surface area (Å²) in [5, 5.41) is 6.54. The molecule has 1 saturated heterocycles. The van der Waals surface area contributed by atoms with E-state index >= 15 is 0 Å². The molecule has 2 amide bonds. The molecule has 27 heavy (non-hydrogen) atoms. The molecule has 0 saturated carbocycles. The molecular weight excluding hydrogens is 365 g/mol. The molecule has 144 valence electrons. The van der Waals surface area contributed by atoms with Crippen LogP contribution in [-0.4, -0.2) is 43.4 Å². The summed E-state index contributed by atoms with van der Waals surface area (Å²) in [5.41, 5.74) is 1.09. The maximum Gasteiger partial charge on any atom is 0.264 e. The van der Waals surface area contributed by atoms with Gasteiger partial charge in [0.2, 0.25) is 0 Å². The Labute approximate surface area is 162 Å². The van der Waals surface area contributed by atoms with Crippen molar-refractivity contribution < 1.29 is 14.0 Å². The maximum absolute atomic E-state index is 13.3. The van der Waals surface area contributed by atoms with Crippen LogP contribution < -0.4 is 10.6 Å². The van der Waals surface area contributed by atoms with Crippen LogP contribution in [0.2, 0.25) is 0 Å². The van der Waals surface area contributed by atoms with Crippen molar-refractivity contribution in [2.75, 3.05) is 32.0 Å². The van der Waals surface area contributed by atoms with Gasteiger partial charge < -0.3 is 15.5 Å². The minimum atomic E-state index is -0.456. The van der Waals surface area contributed by atoms with Gasteiger partial charge in [0, 0.05) is 18.7 Å². The molecule has 2 N–H and O–H groups in total. The second kappa shape index (κ2) is 8.63. The zero-order valence-corrected chi connectivity index (χ0v) is 16.4. The van der Waals surface area contributed by atoms with Crippen LogP contribution >= 0.6 is 11.3 Å². The number of amides is 2. The molecule has 7 heteroatoms. The van der Waals surface area contributed by atoms with Crippen LogP contribution in [0.4, 0.5) is 9.39 Å². The van der Waals surface area contributed by atoms with E-state index in [2.05, 4.69) is 10.6 Å². The monoisotopic (exact) mass is 389 g/mol. The summed E-state index contributed by atoms with van der Waals surface area (Å²) >= 11 is 1.27. The van der Waals surface area contributed by atoms with Crippen molar-refractivity contribution in [3.8, 4) is 0 Å². The average molecular weight is 389 g/mol. The van der Waals surface area contributed by atoms with Crippen LogP contribution in [0.25, 0.3) is 0 Å². The summed E-state index contributed by atoms with van der Waals surface area (Å²) in [4.78, 5) is 27.8. The number of rotatable bonds is 5. The van der Waals surface area contributed by atoms with Crippen LogP contribution in [0.5, 0.6) is 0 Å². The highest BCUT2D eigenvalue weighted by atomic mass is 32.1. The molecule has 2 heterocycles. The summed E-state index contributed by atoms with van der Waals surface area (Å²) in [6.45, 7) is 4.29. The molecule has 1 aromatic heterocycles. The summed E-state index contributed by atoms with van der Waals surface area (Å²) < 4.78 is 13.3. The van der Waals surface area contributed by atoms with E-state index in [1.165, 1.54) is 29.5 Å². The van der Waals surface area contributed by atoms with Crippen molar-refractivity contribution in [2.24, 2.45) is 5.92 Å². The number of nitrogens with zero attached hydrogens (tertiary/aromatic N) is 1. The standard InChI is InChI=1S/C20H24FN3O2S/c1-13-9-17(23-19(25)15-6-3-7-16(21)10-15)27-18(13)20(26)24-8-4-5-14(12-24)11-22-2/h3,6-7,9-10,14,22H,4-5,8,11-12H2,1-2H3,(H,23,25). The third kappa shape index (κ3) is 4.73. The molecule has 1 fully saturated rings. The zero-order chi connectivity index (χ0) is 19.4. The largest absolute Gasteiger partial charge is 0.338 e. The molecule has 0 bridgehead atoms. The Morgan fingerprint density at radius 1 is 1.33 bits per heavy atom. The highest BCUT2D eigenvalue weighted by molar-refractivity contribution is 7.18. The summed E-state index contributed by atoms with van der Waals surface area (Å²) in [6, 6.07) is 7.34. The van der Waals surface area contributed by atoms with Gasteiger partial charge in [0.1, 0.15) is 5.82 Å². The number of hydrogen-bond donors (Lipinski definition) is 2. The molecule has 2 aromatic rings. The molecule has 5 nitrogen and oxygen atoms in total.